The monoisotopic (exact) mass is 1080 g/mol. The van der Waals surface area contributed by atoms with E-state index in [-0.39, 0.29) is 42.2 Å². The number of aliphatic hydroxyl groups is 1. The third kappa shape index (κ3) is 13.2. The number of amides is 1. The number of hydrogen-bond donors (Lipinski definition) is 1. The van der Waals surface area contributed by atoms with Crippen LogP contribution in [0.4, 0.5) is 4.79 Å². The molecule has 4 aliphatic heterocycles. The summed E-state index contributed by atoms with van der Waals surface area (Å²) in [5, 5.41) is 22.9. The lowest BCUT2D eigenvalue weighted by molar-refractivity contribution is -0.296. The van der Waals surface area contributed by atoms with E-state index in [4.69, 9.17) is 23.7 Å². The maximum atomic E-state index is 15.0. The van der Waals surface area contributed by atoms with Gasteiger partial charge in [-0.3, -0.25) is 24.4 Å². The molecular weight excluding hydrogens is 997 g/mol. The van der Waals surface area contributed by atoms with E-state index in [1.807, 2.05) is 60.9 Å². The number of carbonyl (C=O) groups is 4. The molecule has 6 heterocycles. The van der Waals surface area contributed by atoms with Crippen molar-refractivity contribution in [2.45, 2.75) is 172 Å². The van der Waals surface area contributed by atoms with Crippen LogP contribution in [0.1, 0.15) is 99.5 Å². The highest BCUT2D eigenvalue weighted by molar-refractivity contribution is 7.90. The molecule has 418 valence electrons. The summed E-state index contributed by atoms with van der Waals surface area (Å²) in [4.78, 5) is 70.6. The van der Waals surface area contributed by atoms with E-state index >= 15 is 0 Å². The Labute approximate surface area is 448 Å². The topological polar surface area (TPSA) is 234 Å². The van der Waals surface area contributed by atoms with Crippen LogP contribution in [0.15, 0.2) is 76.5 Å². The Balaban J connectivity index is 1.04. The van der Waals surface area contributed by atoms with Gasteiger partial charge in [-0.05, 0) is 110 Å². The van der Waals surface area contributed by atoms with Crippen LogP contribution < -0.4 is 0 Å². The van der Waals surface area contributed by atoms with E-state index in [0.717, 1.165) is 16.8 Å². The molecule has 20 nitrogen and oxygen atoms in total. The van der Waals surface area contributed by atoms with Gasteiger partial charge in [0.25, 0.3) is 0 Å². The first-order chi connectivity index (χ1) is 36.0. The Morgan fingerprint density at radius 1 is 0.961 bits per heavy atom. The van der Waals surface area contributed by atoms with Crippen LogP contribution in [-0.4, -0.2) is 173 Å². The van der Waals surface area contributed by atoms with E-state index in [0.29, 0.717) is 58.3 Å². The van der Waals surface area contributed by atoms with E-state index in [9.17, 15) is 32.7 Å². The fourth-order valence-corrected chi connectivity index (χ4v) is 12.4. The predicted octanol–water partition coefficient (Wildman–Crippen LogP) is 6.39. The Kier molecular flexibility index (Phi) is 19.0. The highest BCUT2D eigenvalue weighted by Gasteiger charge is 2.60. The van der Waals surface area contributed by atoms with Crippen molar-refractivity contribution >= 4 is 33.5 Å². The lowest BCUT2D eigenvalue weighted by atomic mass is 9.73. The third-order valence-corrected chi connectivity index (χ3v) is 17.4. The molecule has 76 heavy (non-hydrogen) atoms. The number of rotatable bonds is 18. The summed E-state index contributed by atoms with van der Waals surface area (Å²) in [6.07, 6.45) is 6.29. The molecule has 7 rings (SSSR count). The molecule has 0 saturated carbocycles. The second-order valence-corrected chi connectivity index (χ2v) is 24.1. The number of aliphatic hydroxyl groups excluding tert-OH is 1. The molecule has 0 spiro atoms. The summed E-state index contributed by atoms with van der Waals surface area (Å²) in [5.41, 5.74) is -0.0834. The molecule has 3 aromatic rings. The van der Waals surface area contributed by atoms with Crippen LogP contribution in [0, 0.1) is 23.7 Å². The number of sulfone groups is 1. The zero-order valence-electron chi connectivity index (χ0n) is 46.1. The lowest BCUT2D eigenvalue weighted by Gasteiger charge is -2.47. The maximum Gasteiger partial charge on any atom is 0.410 e. The summed E-state index contributed by atoms with van der Waals surface area (Å²) in [6.45, 7) is 16.7. The van der Waals surface area contributed by atoms with E-state index in [1.165, 1.54) is 20.3 Å². The van der Waals surface area contributed by atoms with Gasteiger partial charge in [0.2, 0.25) is 0 Å². The molecule has 1 unspecified atom stereocenters. The molecule has 0 bridgehead atoms. The number of fused-ring (bicyclic) bond motifs is 1. The summed E-state index contributed by atoms with van der Waals surface area (Å²) in [7, 11) is 0.146. The average molecular weight is 1080 g/mol. The number of benzene rings is 1. The highest BCUT2D eigenvalue weighted by Crippen LogP contribution is 2.43. The number of likely N-dealkylation sites (N-methyl/N-ethyl adjacent to an activating group) is 1. The highest BCUT2D eigenvalue weighted by atomic mass is 32.2. The van der Waals surface area contributed by atoms with Gasteiger partial charge in [-0.15, -0.1) is 0 Å². The number of esters is 1. The van der Waals surface area contributed by atoms with Crippen molar-refractivity contribution in [3.05, 3.63) is 66.9 Å². The van der Waals surface area contributed by atoms with Crippen molar-refractivity contribution in [3.63, 3.8) is 0 Å². The van der Waals surface area contributed by atoms with Gasteiger partial charge in [0.1, 0.15) is 23.9 Å². The minimum absolute atomic E-state index is 0.0749. The molecule has 3 fully saturated rings. The Morgan fingerprint density at radius 2 is 1.68 bits per heavy atom. The predicted molar refractivity (Wildman–Crippen MR) is 281 cm³/mol. The second-order valence-electron chi connectivity index (χ2n) is 22.1. The fraction of sp³-hybridized carbons (Fsp3) is 0.673. The van der Waals surface area contributed by atoms with Gasteiger partial charge in [0, 0.05) is 87.5 Å². The zero-order valence-corrected chi connectivity index (χ0v) is 46.9. The smallest absolute Gasteiger partial charge is 0.410 e. The summed E-state index contributed by atoms with van der Waals surface area (Å²) >= 11 is 0. The number of pyridine rings is 1. The van der Waals surface area contributed by atoms with Crippen LogP contribution in [-0.2, 0) is 60.9 Å². The van der Waals surface area contributed by atoms with Crippen molar-refractivity contribution < 1.29 is 56.4 Å². The van der Waals surface area contributed by atoms with Crippen LogP contribution in [0.5, 0.6) is 0 Å². The minimum atomic E-state index is -3.28. The molecule has 0 aliphatic carbocycles. The number of aromatic nitrogens is 3. The first kappa shape index (κ1) is 58.5. The molecule has 1 aromatic carbocycles. The quantitative estimate of drug-likeness (QED) is 0.0826. The van der Waals surface area contributed by atoms with Gasteiger partial charge < -0.3 is 43.2 Å². The largest absolute Gasteiger partial charge is 0.458 e. The van der Waals surface area contributed by atoms with Gasteiger partial charge in [-0.25, -0.2) is 18.2 Å². The van der Waals surface area contributed by atoms with Crippen molar-refractivity contribution in [1.82, 2.24) is 29.3 Å². The molecule has 3 saturated heterocycles. The number of methoxy groups -OCH3 is 1. The third-order valence-electron chi connectivity index (χ3n) is 16.3. The number of Topliss-reactive ketones (excluding diaryl/α,β-unsaturated/α-hetero) is 2. The summed E-state index contributed by atoms with van der Waals surface area (Å²) in [5.74, 6) is -5.26. The number of hydrogen-bond acceptors (Lipinski definition) is 18. The van der Waals surface area contributed by atoms with Gasteiger partial charge >= 0.3 is 12.1 Å². The standard InChI is InChI=1S/C55H80N8O12S/c1-12-45-55(8)49(63(53(68)75-55)25-14-13-24-61-32-43(57-33-61)40-16-15-23-56-30-40)36(4)46(64)34(2)29-54(7,71-10)50(37(5)47(65)38(6)51(67)73-45)74-52-48(66)44(28-35(3)72-52)60(9)26-22-41-31-62(59-58-41)27-21-39-17-19-42(20-18-39)76(11,69)70/h15-20,23,30,32-38,41,44-45,48-50,52,66H,12-14,21-22,24-29,31H2,1-11H3/t34-,35-,36+,37+,38-,41?,44+,45-,48-,49-,50-,52+,54-,55-/m1/s1. The Morgan fingerprint density at radius 3 is 2.36 bits per heavy atom. The number of unbranched alkanes of at least 4 members (excludes halogenated alkanes) is 1. The minimum Gasteiger partial charge on any atom is -0.458 e. The van der Waals surface area contributed by atoms with Crippen LogP contribution in [0.3, 0.4) is 0 Å². The van der Waals surface area contributed by atoms with Gasteiger partial charge in [0.05, 0.1) is 53.4 Å². The van der Waals surface area contributed by atoms with Gasteiger partial charge in [-0.2, -0.15) is 5.11 Å². The lowest BCUT2D eigenvalue weighted by Crippen LogP contribution is -2.60. The van der Waals surface area contributed by atoms with Crippen molar-refractivity contribution in [1.29, 1.82) is 0 Å². The fourth-order valence-electron chi connectivity index (χ4n) is 11.8. The Hall–Kier alpha value is -5.19. The van der Waals surface area contributed by atoms with Crippen LogP contribution in [0.2, 0.25) is 0 Å². The van der Waals surface area contributed by atoms with E-state index in [1.54, 1.807) is 70.4 Å². The molecule has 0 radical (unpaired) electrons. The van der Waals surface area contributed by atoms with Crippen molar-refractivity contribution in [3.8, 4) is 11.3 Å². The number of carbonyl (C=O) groups excluding carboxylic acids is 4. The average Bonchev–Trinajstić information content (AvgIpc) is 4.17. The molecule has 14 atom stereocenters. The number of aryl methyl sites for hydroxylation is 1. The number of ether oxygens (including phenoxy) is 5. The van der Waals surface area contributed by atoms with Gasteiger partial charge in [-0.1, -0.05) is 45.1 Å². The first-order valence-electron chi connectivity index (χ1n) is 26.9. The molecule has 1 amide bonds. The SMILES string of the molecule is CC[C@H]1OC(=O)[C@H](C)C(=O)[C@H](C)[C@@H](O[C@@H]2O[C@H](C)C[C@H](N(C)CCC3CN(CCc4ccc(S(C)(=O)=O)cc4)N=N3)[C@H]2O)[C@](C)(OC)C[C@@H](C)C(=O)[C@H](C)[C@H]2N(CCCCn3cnc(-c4cccnc4)c3)C(=O)O[C@]12C. The number of cyclic esters (lactones) is 1. The first-order valence-corrected chi connectivity index (χ1v) is 28.8. The Bertz CT molecular complexity index is 2620. The second kappa shape index (κ2) is 24.6. The van der Waals surface area contributed by atoms with E-state index in [2.05, 4.69) is 25.2 Å². The van der Waals surface area contributed by atoms with Crippen LogP contribution >= 0.6 is 0 Å². The van der Waals surface area contributed by atoms with Crippen molar-refractivity contribution in [2.24, 2.45) is 34.0 Å². The zero-order chi connectivity index (χ0) is 55.3. The molecule has 2 aromatic heterocycles. The molecular formula is C55H80N8O12S. The summed E-state index contributed by atoms with van der Waals surface area (Å²) < 4.78 is 57.6. The number of ketones is 2. The summed E-state index contributed by atoms with van der Waals surface area (Å²) in [6, 6.07) is 9.35. The molecule has 4 aliphatic rings. The molecule has 21 heteroatoms. The van der Waals surface area contributed by atoms with Crippen molar-refractivity contribution in [2.75, 3.05) is 46.6 Å². The van der Waals surface area contributed by atoms with Crippen LogP contribution in [0.25, 0.3) is 11.3 Å². The normalized spacial score (nSPS) is 32.9. The molecule has 1 N–H and O–H groups in total. The van der Waals surface area contributed by atoms with E-state index < -0.39 is 99.2 Å². The maximum absolute atomic E-state index is 15.0. The van der Waals surface area contributed by atoms with Gasteiger partial charge in [0.15, 0.2) is 27.5 Å². The number of imidazole rings is 1. The number of nitrogens with zero attached hydrogens (tertiary/aromatic N) is 8.